The van der Waals surface area contributed by atoms with E-state index in [1.165, 1.54) is 36.8 Å². The molecule has 1 atom stereocenters. The summed E-state index contributed by atoms with van der Waals surface area (Å²) >= 11 is 0. The van der Waals surface area contributed by atoms with Gasteiger partial charge in [-0.2, -0.15) is 5.26 Å². The first-order valence-corrected chi connectivity index (χ1v) is 8.08. The highest BCUT2D eigenvalue weighted by molar-refractivity contribution is 5.37. The Morgan fingerprint density at radius 3 is 2.76 bits per heavy atom. The van der Waals surface area contributed by atoms with Crippen molar-refractivity contribution in [2.75, 3.05) is 13.2 Å². The first-order valence-electron chi connectivity index (χ1n) is 8.08. The van der Waals surface area contributed by atoms with Crippen molar-refractivity contribution in [3.05, 3.63) is 29.3 Å². The summed E-state index contributed by atoms with van der Waals surface area (Å²) in [6.45, 7) is 5.46. The molecule has 3 nitrogen and oxygen atoms in total. The largest absolute Gasteiger partial charge is 0.494 e. The summed E-state index contributed by atoms with van der Waals surface area (Å²) in [4.78, 5) is 0. The molecule has 0 amide bonds. The van der Waals surface area contributed by atoms with Crippen molar-refractivity contribution < 1.29 is 4.74 Å². The number of fused-ring (bicyclic) bond motifs is 1. The molecule has 1 N–H and O–H groups in total. The number of benzene rings is 1. The molecule has 0 saturated carbocycles. The molecule has 0 radical (unpaired) electrons. The molecule has 1 unspecified atom stereocenters. The fraction of sp³-hybridized carbons (Fsp3) is 0.611. The molecule has 0 aliphatic heterocycles. The summed E-state index contributed by atoms with van der Waals surface area (Å²) in [7, 11) is 0. The molecule has 21 heavy (non-hydrogen) atoms. The third-order valence-corrected chi connectivity index (χ3v) is 4.22. The molecule has 0 spiro atoms. The van der Waals surface area contributed by atoms with Crippen LogP contribution in [0.4, 0.5) is 0 Å². The lowest BCUT2D eigenvalue weighted by molar-refractivity contribution is 0.286. The van der Waals surface area contributed by atoms with Crippen LogP contribution in [0.15, 0.2) is 18.2 Å². The van der Waals surface area contributed by atoms with E-state index in [4.69, 9.17) is 4.74 Å². The number of ether oxygens (including phenoxy) is 1. The van der Waals surface area contributed by atoms with Crippen molar-refractivity contribution in [1.29, 1.82) is 5.26 Å². The lowest BCUT2D eigenvalue weighted by atomic mass is 9.92. The van der Waals surface area contributed by atoms with Crippen molar-refractivity contribution in [3.63, 3.8) is 0 Å². The number of nitriles is 1. The maximum atomic E-state index is 9.21. The molecule has 3 heteroatoms. The minimum Gasteiger partial charge on any atom is -0.494 e. The molecular weight excluding hydrogens is 260 g/mol. The molecule has 0 fully saturated rings. The van der Waals surface area contributed by atoms with E-state index < -0.39 is 5.54 Å². The van der Waals surface area contributed by atoms with E-state index in [-0.39, 0.29) is 0 Å². The van der Waals surface area contributed by atoms with E-state index in [1.807, 2.05) is 13.8 Å². The average molecular weight is 286 g/mol. The van der Waals surface area contributed by atoms with Gasteiger partial charge in [0.2, 0.25) is 0 Å². The summed E-state index contributed by atoms with van der Waals surface area (Å²) in [5, 5.41) is 12.4. The van der Waals surface area contributed by atoms with Gasteiger partial charge in [-0.1, -0.05) is 13.0 Å². The van der Waals surface area contributed by atoms with Crippen LogP contribution in [0.1, 0.15) is 50.7 Å². The quantitative estimate of drug-likeness (QED) is 0.779. The Morgan fingerprint density at radius 1 is 1.29 bits per heavy atom. The SMILES string of the molecule is CCNC(C)(C#N)CCCOc1ccc2c(c1)CCCC2. The van der Waals surface area contributed by atoms with Crippen LogP contribution in [0.3, 0.4) is 0 Å². The van der Waals surface area contributed by atoms with Crippen LogP contribution in [0.2, 0.25) is 0 Å². The normalized spacial score (nSPS) is 16.6. The van der Waals surface area contributed by atoms with E-state index in [2.05, 4.69) is 29.6 Å². The third kappa shape index (κ3) is 4.47. The molecule has 114 valence electrons. The Morgan fingerprint density at radius 2 is 2.05 bits per heavy atom. The van der Waals surface area contributed by atoms with Crippen LogP contribution in [-0.4, -0.2) is 18.7 Å². The van der Waals surface area contributed by atoms with Gasteiger partial charge in [0.05, 0.1) is 12.7 Å². The van der Waals surface area contributed by atoms with Gasteiger partial charge in [0.1, 0.15) is 11.3 Å². The highest BCUT2D eigenvalue weighted by Gasteiger charge is 2.21. The zero-order valence-corrected chi connectivity index (χ0v) is 13.2. The lowest BCUT2D eigenvalue weighted by Crippen LogP contribution is -2.40. The Kier molecular flexibility index (Phi) is 5.64. The van der Waals surface area contributed by atoms with Crippen LogP contribution in [0.25, 0.3) is 0 Å². The van der Waals surface area contributed by atoms with Gasteiger partial charge in [0.25, 0.3) is 0 Å². The number of nitrogens with zero attached hydrogens (tertiary/aromatic N) is 1. The van der Waals surface area contributed by atoms with Crippen LogP contribution < -0.4 is 10.1 Å². The molecule has 1 aliphatic rings. The summed E-state index contributed by atoms with van der Waals surface area (Å²) in [6, 6.07) is 8.84. The lowest BCUT2D eigenvalue weighted by Gasteiger charge is -2.22. The molecule has 2 rings (SSSR count). The average Bonchev–Trinajstić information content (AvgIpc) is 2.52. The van der Waals surface area contributed by atoms with E-state index in [9.17, 15) is 5.26 Å². The van der Waals surface area contributed by atoms with Gasteiger partial charge in [-0.15, -0.1) is 0 Å². The fourth-order valence-corrected chi connectivity index (χ4v) is 2.99. The van der Waals surface area contributed by atoms with Gasteiger partial charge in [0, 0.05) is 0 Å². The maximum Gasteiger partial charge on any atom is 0.119 e. The zero-order chi connectivity index (χ0) is 15.1. The summed E-state index contributed by atoms with van der Waals surface area (Å²) < 4.78 is 5.85. The Labute approximate surface area is 128 Å². The van der Waals surface area contributed by atoms with Gasteiger partial charge in [-0.3, -0.25) is 5.32 Å². The second-order valence-electron chi connectivity index (χ2n) is 6.06. The summed E-state index contributed by atoms with van der Waals surface area (Å²) in [6.07, 6.45) is 6.68. The smallest absolute Gasteiger partial charge is 0.119 e. The minimum absolute atomic E-state index is 0.437. The van der Waals surface area contributed by atoms with Crippen molar-refractivity contribution in [1.82, 2.24) is 5.32 Å². The Balaban J connectivity index is 1.80. The minimum atomic E-state index is -0.437. The van der Waals surface area contributed by atoms with Gasteiger partial charge in [-0.05, 0) is 75.3 Å². The van der Waals surface area contributed by atoms with Gasteiger partial charge in [-0.25, -0.2) is 0 Å². The Bertz CT molecular complexity index is 506. The molecule has 1 aliphatic carbocycles. The van der Waals surface area contributed by atoms with Gasteiger partial charge >= 0.3 is 0 Å². The molecule has 1 aromatic rings. The zero-order valence-electron chi connectivity index (χ0n) is 13.2. The second kappa shape index (κ2) is 7.47. The van der Waals surface area contributed by atoms with E-state index in [1.54, 1.807) is 0 Å². The topological polar surface area (TPSA) is 45.0 Å². The monoisotopic (exact) mass is 286 g/mol. The van der Waals surface area contributed by atoms with Crippen LogP contribution >= 0.6 is 0 Å². The van der Waals surface area contributed by atoms with Crippen molar-refractivity contribution in [2.45, 2.75) is 57.9 Å². The van der Waals surface area contributed by atoms with Crippen molar-refractivity contribution >= 4 is 0 Å². The molecule has 0 saturated heterocycles. The van der Waals surface area contributed by atoms with Gasteiger partial charge in [0.15, 0.2) is 0 Å². The predicted molar refractivity (Wildman–Crippen MR) is 85.5 cm³/mol. The molecular formula is C18H26N2O. The van der Waals surface area contributed by atoms with E-state index in [0.29, 0.717) is 6.61 Å². The number of hydrogen-bond donors (Lipinski definition) is 1. The molecule has 0 bridgehead atoms. The third-order valence-electron chi connectivity index (χ3n) is 4.22. The Hall–Kier alpha value is -1.53. The van der Waals surface area contributed by atoms with Crippen LogP contribution in [0.5, 0.6) is 5.75 Å². The standard InChI is InChI=1S/C18H26N2O/c1-3-20-18(2,14-19)11-6-12-21-17-10-9-15-7-4-5-8-16(15)13-17/h9-10,13,20H,3-8,11-12H2,1-2H3. The van der Waals surface area contributed by atoms with Crippen molar-refractivity contribution in [3.8, 4) is 11.8 Å². The van der Waals surface area contributed by atoms with Crippen LogP contribution in [-0.2, 0) is 12.8 Å². The summed E-state index contributed by atoms with van der Waals surface area (Å²) in [5.74, 6) is 0.970. The fourth-order valence-electron chi connectivity index (χ4n) is 2.99. The summed E-state index contributed by atoms with van der Waals surface area (Å²) in [5.41, 5.74) is 2.50. The molecule has 0 heterocycles. The molecule has 1 aromatic carbocycles. The second-order valence-corrected chi connectivity index (χ2v) is 6.06. The highest BCUT2D eigenvalue weighted by Crippen LogP contribution is 2.25. The predicted octanol–water partition coefficient (Wildman–Crippen LogP) is 3.62. The first-order chi connectivity index (χ1) is 10.2. The molecule has 0 aromatic heterocycles. The van der Waals surface area contributed by atoms with E-state index >= 15 is 0 Å². The van der Waals surface area contributed by atoms with Crippen molar-refractivity contribution in [2.24, 2.45) is 0 Å². The number of hydrogen-bond acceptors (Lipinski definition) is 3. The van der Waals surface area contributed by atoms with Gasteiger partial charge < -0.3 is 4.74 Å². The maximum absolute atomic E-state index is 9.21. The number of nitrogens with one attached hydrogen (secondary N) is 1. The highest BCUT2D eigenvalue weighted by atomic mass is 16.5. The number of rotatable bonds is 7. The first kappa shape index (κ1) is 15.9. The number of aryl methyl sites for hydroxylation is 2. The van der Waals surface area contributed by atoms with E-state index in [0.717, 1.165) is 25.1 Å². The van der Waals surface area contributed by atoms with Crippen LogP contribution in [0, 0.1) is 11.3 Å².